The number of unbranched alkanes of at least 4 members (excludes halogenated alkanes) is 1. The molecule has 0 bridgehead atoms. The first kappa shape index (κ1) is 21.2. The molecule has 1 atom stereocenters. The molecule has 2 aromatic carbocycles. The highest BCUT2D eigenvalue weighted by molar-refractivity contribution is 7.99. The van der Waals surface area contributed by atoms with E-state index in [2.05, 4.69) is 27.4 Å². The van der Waals surface area contributed by atoms with Crippen LogP contribution >= 0.6 is 11.8 Å². The van der Waals surface area contributed by atoms with Gasteiger partial charge in [0.1, 0.15) is 0 Å². The number of benzene rings is 2. The van der Waals surface area contributed by atoms with E-state index in [1.165, 1.54) is 0 Å². The Balaban J connectivity index is 1.73. The van der Waals surface area contributed by atoms with Gasteiger partial charge < -0.3 is 19.5 Å². The monoisotopic (exact) mass is 438 g/mol. The molecule has 31 heavy (non-hydrogen) atoms. The Labute approximate surface area is 186 Å². The zero-order valence-electron chi connectivity index (χ0n) is 17.9. The summed E-state index contributed by atoms with van der Waals surface area (Å²) in [5, 5.41) is 12.9. The third-order valence-electron chi connectivity index (χ3n) is 4.85. The summed E-state index contributed by atoms with van der Waals surface area (Å²) >= 11 is 1.60. The number of hydrogen-bond donors (Lipinski definition) is 1. The zero-order valence-corrected chi connectivity index (χ0v) is 18.7. The molecule has 1 N–H and O–H groups in total. The highest BCUT2D eigenvalue weighted by atomic mass is 32.2. The molecule has 0 saturated heterocycles. The minimum atomic E-state index is -0.474. The Bertz CT molecular complexity index is 1050. The Morgan fingerprint density at radius 1 is 1.10 bits per heavy atom. The van der Waals surface area contributed by atoms with Crippen molar-refractivity contribution < 1.29 is 14.2 Å². The molecule has 0 aliphatic carbocycles. The average molecular weight is 439 g/mol. The molecule has 0 fully saturated rings. The molecular formula is C23H26N4O3S. The van der Waals surface area contributed by atoms with Crippen LogP contribution in [0.4, 0.5) is 5.69 Å². The normalized spacial score (nSPS) is 14.5. The van der Waals surface area contributed by atoms with Crippen molar-refractivity contribution in [3.8, 4) is 28.6 Å². The lowest BCUT2D eigenvalue weighted by molar-refractivity contribution is 0.224. The van der Waals surface area contributed by atoms with Gasteiger partial charge in [0.2, 0.25) is 11.0 Å². The predicted octanol–water partition coefficient (Wildman–Crippen LogP) is 5.34. The van der Waals surface area contributed by atoms with Gasteiger partial charge in [-0.1, -0.05) is 43.3 Å². The van der Waals surface area contributed by atoms with Gasteiger partial charge in [0, 0.05) is 22.6 Å². The van der Waals surface area contributed by atoms with Crippen molar-refractivity contribution >= 4 is 17.4 Å². The molecule has 0 radical (unpaired) electrons. The van der Waals surface area contributed by atoms with E-state index in [9.17, 15) is 0 Å². The number of para-hydroxylation sites is 1. The highest BCUT2D eigenvalue weighted by Gasteiger charge is 2.26. The topological polar surface area (TPSA) is 78.4 Å². The summed E-state index contributed by atoms with van der Waals surface area (Å²) in [4.78, 5) is 4.68. The molecule has 0 spiro atoms. The molecule has 162 valence electrons. The minimum absolute atomic E-state index is 0.463. The number of nitrogens with zero attached hydrogens (tertiary/aromatic N) is 3. The van der Waals surface area contributed by atoms with Crippen LogP contribution in [0.25, 0.3) is 11.3 Å². The molecule has 1 aliphatic heterocycles. The number of ether oxygens (including phenoxy) is 3. The maximum Gasteiger partial charge on any atom is 0.247 e. The van der Waals surface area contributed by atoms with Crippen LogP contribution in [0.5, 0.6) is 17.4 Å². The molecule has 3 aromatic rings. The smallest absolute Gasteiger partial charge is 0.247 e. The molecule has 7 nitrogen and oxygen atoms in total. The third kappa shape index (κ3) is 4.69. The van der Waals surface area contributed by atoms with Gasteiger partial charge in [-0.3, -0.25) is 0 Å². The Kier molecular flexibility index (Phi) is 6.76. The van der Waals surface area contributed by atoms with E-state index in [0.717, 1.165) is 35.4 Å². The van der Waals surface area contributed by atoms with Crippen molar-refractivity contribution in [2.24, 2.45) is 0 Å². The first-order chi connectivity index (χ1) is 15.2. The second-order valence-corrected chi connectivity index (χ2v) is 8.04. The van der Waals surface area contributed by atoms with Gasteiger partial charge in [-0.05, 0) is 37.6 Å². The molecule has 2 heterocycles. The summed E-state index contributed by atoms with van der Waals surface area (Å²) in [5.74, 6) is 2.76. The molecule has 4 rings (SSSR count). The number of nitrogens with one attached hydrogen (secondary N) is 1. The summed E-state index contributed by atoms with van der Waals surface area (Å²) < 4.78 is 17.5. The van der Waals surface area contributed by atoms with E-state index in [1.807, 2.05) is 49.4 Å². The first-order valence-electron chi connectivity index (χ1n) is 10.4. The van der Waals surface area contributed by atoms with Crippen molar-refractivity contribution in [2.45, 2.75) is 38.1 Å². The van der Waals surface area contributed by atoms with Crippen molar-refractivity contribution in [1.82, 2.24) is 15.2 Å². The number of methoxy groups -OCH3 is 1. The van der Waals surface area contributed by atoms with Crippen molar-refractivity contribution in [3.05, 3.63) is 48.0 Å². The summed E-state index contributed by atoms with van der Waals surface area (Å²) in [6.07, 6.45) is 1.75. The maximum atomic E-state index is 6.34. The summed E-state index contributed by atoms with van der Waals surface area (Å²) in [7, 11) is 1.63. The number of hydrogen-bond acceptors (Lipinski definition) is 8. The van der Waals surface area contributed by atoms with Crippen LogP contribution in [-0.2, 0) is 0 Å². The number of fused-ring (bicyclic) bond motifs is 3. The first-order valence-corrected chi connectivity index (χ1v) is 11.4. The van der Waals surface area contributed by atoms with Crippen molar-refractivity contribution in [1.29, 1.82) is 0 Å². The number of aromatic nitrogens is 3. The van der Waals surface area contributed by atoms with Crippen LogP contribution in [0.15, 0.2) is 47.6 Å². The molecule has 1 aliphatic rings. The number of thioether (sulfide) groups is 1. The fraction of sp³-hybridized carbons (Fsp3) is 0.348. The quantitative estimate of drug-likeness (QED) is 0.373. The molecule has 0 saturated carbocycles. The lowest BCUT2D eigenvalue weighted by Crippen LogP contribution is -2.17. The van der Waals surface area contributed by atoms with Gasteiger partial charge in [0.25, 0.3) is 0 Å². The summed E-state index contributed by atoms with van der Waals surface area (Å²) in [5.41, 5.74) is 3.33. The van der Waals surface area contributed by atoms with E-state index >= 15 is 0 Å². The fourth-order valence-corrected chi connectivity index (χ4v) is 4.15. The highest BCUT2D eigenvalue weighted by Crippen LogP contribution is 2.40. The number of rotatable bonds is 8. The van der Waals surface area contributed by atoms with E-state index in [0.29, 0.717) is 34.8 Å². The van der Waals surface area contributed by atoms with Gasteiger partial charge in [-0.15, -0.1) is 10.2 Å². The molecular weight excluding hydrogens is 412 g/mol. The van der Waals surface area contributed by atoms with Crippen LogP contribution in [-0.4, -0.2) is 34.7 Å². The standard InChI is InChI=1S/C23H26N4O3S/c1-4-6-13-31-23-25-22-20(26-27-23)16-9-7-8-10-17(16)24-21(30-22)15-11-12-18(28-3)19(14-15)29-5-2/h7-12,14,21,24H,4-6,13H2,1-3H3/t21-/m1/s1. The Hall–Kier alpha value is -3.00. The second-order valence-electron chi connectivity index (χ2n) is 6.98. The van der Waals surface area contributed by atoms with Crippen LogP contribution in [0.3, 0.4) is 0 Å². The maximum absolute atomic E-state index is 6.34. The summed E-state index contributed by atoms with van der Waals surface area (Å²) in [6, 6.07) is 13.7. The molecule has 0 amide bonds. The Morgan fingerprint density at radius 2 is 1.97 bits per heavy atom. The van der Waals surface area contributed by atoms with Gasteiger partial charge in [0.05, 0.1) is 13.7 Å². The lowest BCUT2D eigenvalue weighted by Gasteiger charge is -2.20. The van der Waals surface area contributed by atoms with Crippen LogP contribution in [0, 0.1) is 0 Å². The van der Waals surface area contributed by atoms with E-state index in [-0.39, 0.29) is 0 Å². The van der Waals surface area contributed by atoms with Gasteiger partial charge in [-0.25, -0.2) is 0 Å². The van der Waals surface area contributed by atoms with E-state index in [1.54, 1.807) is 18.9 Å². The SMILES string of the molecule is CCCCSc1nnc2c(n1)O[C@H](c1ccc(OC)c(OCC)c1)Nc1ccccc1-2. The van der Waals surface area contributed by atoms with E-state index < -0.39 is 6.23 Å². The largest absolute Gasteiger partial charge is 0.493 e. The van der Waals surface area contributed by atoms with Crippen molar-refractivity contribution in [2.75, 3.05) is 24.8 Å². The van der Waals surface area contributed by atoms with Crippen LogP contribution in [0.1, 0.15) is 38.5 Å². The molecule has 8 heteroatoms. The summed E-state index contributed by atoms with van der Waals surface area (Å²) in [6.45, 7) is 4.65. The van der Waals surface area contributed by atoms with Gasteiger partial charge >= 0.3 is 0 Å². The Morgan fingerprint density at radius 3 is 2.77 bits per heavy atom. The zero-order chi connectivity index (χ0) is 21.6. The average Bonchev–Trinajstić information content (AvgIpc) is 2.96. The lowest BCUT2D eigenvalue weighted by atomic mass is 10.1. The van der Waals surface area contributed by atoms with Gasteiger partial charge in [-0.2, -0.15) is 4.98 Å². The molecule has 0 unspecified atom stereocenters. The molecule has 1 aromatic heterocycles. The third-order valence-corrected chi connectivity index (χ3v) is 5.78. The second kappa shape index (κ2) is 9.87. The van der Waals surface area contributed by atoms with Crippen LogP contribution < -0.4 is 19.5 Å². The number of anilines is 1. The van der Waals surface area contributed by atoms with Crippen LogP contribution in [0.2, 0.25) is 0 Å². The van der Waals surface area contributed by atoms with E-state index in [4.69, 9.17) is 14.2 Å². The minimum Gasteiger partial charge on any atom is -0.493 e. The predicted molar refractivity (Wildman–Crippen MR) is 122 cm³/mol. The van der Waals surface area contributed by atoms with Gasteiger partial charge in [0.15, 0.2) is 23.4 Å². The fourth-order valence-electron chi connectivity index (χ4n) is 3.29. The van der Waals surface area contributed by atoms with Crippen molar-refractivity contribution in [3.63, 3.8) is 0 Å².